The maximum atomic E-state index is 9.59. The minimum Gasteiger partial charge on any atom is -0.391 e. The van der Waals surface area contributed by atoms with Crippen LogP contribution in [0.1, 0.15) is 18.9 Å². The van der Waals surface area contributed by atoms with Crippen LogP contribution in [0.3, 0.4) is 0 Å². The minimum absolute atomic E-state index is 0.237. The highest BCUT2D eigenvalue weighted by Gasteiger charge is 2.22. The Kier molecular flexibility index (Phi) is 5.05. The molecule has 4 nitrogen and oxygen atoms in total. The number of guanidine groups is 1. The molecule has 0 radical (unpaired) electrons. The molecule has 0 aliphatic carbocycles. The molecule has 1 heterocycles. The van der Waals surface area contributed by atoms with Crippen LogP contribution in [-0.4, -0.2) is 41.7 Å². The Labute approximate surface area is 119 Å². The molecular weight excluding hydrogens is 262 g/mol. The first kappa shape index (κ1) is 14.2. The lowest BCUT2D eigenvalue weighted by atomic mass is 10.2. The van der Waals surface area contributed by atoms with Crippen LogP contribution in [0, 0.1) is 0 Å². The van der Waals surface area contributed by atoms with Crippen LogP contribution in [0.25, 0.3) is 0 Å². The average Bonchev–Trinajstić information content (AvgIpc) is 2.83. The van der Waals surface area contributed by atoms with Gasteiger partial charge in [0.15, 0.2) is 5.96 Å². The quantitative estimate of drug-likeness (QED) is 0.657. The number of rotatable bonds is 3. The number of nitrogens with one attached hydrogen (secondary N) is 1. The fraction of sp³-hybridized carbons (Fsp3) is 0.500. The van der Waals surface area contributed by atoms with Crippen molar-refractivity contribution < 1.29 is 5.11 Å². The summed E-state index contributed by atoms with van der Waals surface area (Å²) in [5, 5.41) is 13.6. The van der Waals surface area contributed by atoms with E-state index in [0.29, 0.717) is 13.1 Å². The lowest BCUT2D eigenvalue weighted by Crippen LogP contribution is -2.40. The van der Waals surface area contributed by atoms with Crippen molar-refractivity contribution in [3.05, 3.63) is 34.9 Å². The van der Waals surface area contributed by atoms with E-state index in [4.69, 9.17) is 11.6 Å². The number of aliphatic hydroxyl groups is 1. The number of β-amino-alcohol motifs (C(OH)–C–C–N with tert-alkyl or cyclic N) is 1. The average molecular weight is 282 g/mol. The zero-order valence-electron chi connectivity index (χ0n) is 11.1. The number of hydrogen-bond acceptors (Lipinski definition) is 2. The summed E-state index contributed by atoms with van der Waals surface area (Å²) >= 11 is 5.86. The van der Waals surface area contributed by atoms with Crippen molar-refractivity contribution in [3.8, 4) is 0 Å². The second kappa shape index (κ2) is 6.78. The molecule has 1 aromatic carbocycles. The molecule has 19 heavy (non-hydrogen) atoms. The molecule has 1 aliphatic heterocycles. The van der Waals surface area contributed by atoms with Crippen LogP contribution in [0.2, 0.25) is 5.02 Å². The van der Waals surface area contributed by atoms with E-state index in [2.05, 4.69) is 15.2 Å². The number of aliphatic hydroxyl groups excluding tert-OH is 1. The Hall–Kier alpha value is -1.26. The molecule has 0 unspecified atom stereocenters. The maximum Gasteiger partial charge on any atom is 0.194 e. The second-order valence-corrected chi connectivity index (χ2v) is 5.12. The van der Waals surface area contributed by atoms with Crippen LogP contribution in [0.15, 0.2) is 29.3 Å². The summed E-state index contributed by atoms with van der Waals surface area (Å²) in [5.74, 6) is 0.869. The Balaban J connectivity index is 2.01. The lowest BCUT2D eigenvalue weighted by molar-refractivity contribution is 0.188. The van der Waals surface area contributed by atoms with Gasteiger partial charge in [-0.15, -0.1) is 0 Å². The van der Waals surface area contributed by atoms with Crippen LogP contribution >= 0.6 is 11.6 Å². The monoisotopic (exact) mass is 281 g/mol. The normalized spacial score (nSPS) is 19.8. The van der Waals surface area contributed by atoms with Gasteiger partial charge in [0, 0.05) is 24.7 Å². The van der Waals surface area contributed by atoms with Gasteiger partial charge in [-0.3, -0.25) is 0 Å². The van der Waals surface area contributed by atoms with Crippen molar-refractivity contribution in [2.24, 2.45) is 4.99 Å². The molecule has 1 saturated heterocycles. The largest absolute Gasteiger partial charge is 0.391 e. The Morgan fingerprint density at radius 1 is 1.47 bits per heavy atom. The van der Waals surface area contributed by atoms with E-state index in [1.54, 1.807) is 0 Å². The van der Waals surface area contributed by atoms with Gasteiger partial charge >= 0.3 is 0 Å². The number of nitrogens with zero attached hydrogens (tertiary/aromatic N) is 2. The number of halogens is 1. The summed E-state index contributed by atoms with van der Waals surface area (Å²) in [5.41, 5.74) is 1.12. The van der Waals surface area contributed by atoms with E-state index in [-0.39, 0.29) is 6.10 Å². The Morgan fingerprint density at radius 3 is 2.79 bits per heavy atom. The fourth-order valence-corrected chi connectivity index (χ4v) is 2.24. The molecular formula is C14H20ClN3O. The zero-order valence-corrected chi connectivity index (χ0v) is 11.9. The molecule has 0 aromatic heterocycles. The van der Waals surface area contributed by atoms with Gasteiger partial charge in [0.05, 0.1) is 12.6 Å². The van der Waals surface area contributed by atoms with Gasteiger partial charge in [0.1, 0.15) is 0 Å². The third kappa shape index (κ3) is 4.11. The predicted molar refractivity (Wildman–Crippen MR) is 78.5 cm³/mol. The Bertz CT molecular complexity index is 433. The van der Waals surface area contributed by atoms with Gasteiger partial charge < -0.3 is 15.3 Å². The summed E-state index contributed by atoms with van der Waals surface area (Å²) in [6.07, 6.45) is 0.574. The Morgan fingerprint density at radius 2 is 2.21 bits per heavy atom. The van der Waals surface area contributed by atoms with Crippen molar-refractivity contribution in [3.63, 3.8) is 0 Å². The molecule has 1 aromatic rings. The second-order valence-electron chi connectivity index (χ2n) is 4.69. The highest BCUT2D eigenvalue weighted by Crippen LogP contribution is 2.12. The molecule has 0 spiro atoms. The van der Waals surface area contributed by atoms with Crippen molar-refractivity contribution >= 4 is 17.6 Å². The zero-order chi connectivity index (χ0) is 13.7. The summed E-state index contributed by atoms with van der Waals surface area (Å²) in [6.45, 7) is 5.00. The van der Waals surface area contributed by atoms with Crippen molar-refractivity contribution in [2.75, 3.05) is 19.6 Å². The van der Waals surface area contributed by atoms with E-state index in [9.17, 15) is 5.11 Å². The first-order valence-corrected chi connectivity index (χ1v) is 7.02. The van der Waals surface area contributed by atoms with Gasteiger partial charge in [0.25, 0.3) is 0 Å². The van der Waals surface area contributed by atoms with E-state index < -0.39 is 0 Å². The van der Waals surface area contributed by atoms with Gasteiger partial charge in [-0.1, -0.05) is 23.7 Å². The number of aliphatic imine (C=N–C) groups is 1. The fourth-order valence-electron chi connectivity index (χ4n) is 2.12. The molecule has 0 amide bonds. The van der Waals surface area contributed by atoms with Gasteiger partial charge in [0.2, 0.25) is 0 Å². The lowest BCUT2D eigenvalue weighted by Gasteiger charge is -2.20. The van der Waals surface area contributed by atoms with E-state index in [1.165, 1.54) is 0 Å². The van der Waals surface area contributed by atoms with Crippen molar-refractivity contribution in [2.45, 2.75) is 26.0 Å². The number of likely N-dealkylation sites (tertiary alicyclic amines) is 1. The van der Waals surface area contributed by atoms with Gasteiger partial charge in [-0.05, 0) is 31.0 Å². The van der Waals surface area contributed by atoms with Crippen LogP contribution in [0.4, 0.5) is 0 Å². The molecule has 5 heteroatoms. The molecule has 1 aliphatic rings. The summed E-state index contributed by atoms with van der Waals surface area (Å²) in [4.78, 5) is 6.71. The summed E-state index contributed by atoms with van der Waals surface area (Å²) in [6, 6.07) is 7.71. The van der Waals surface area contributed by atoms with Crippen LogP contribution < -0.4 is 5.32 Å². The summed E-state index contributed by atoms with van der Waals surface area (Å²) < 4.78 is 0. The molecule has 0 bridgehead atoms. The highest BCUT2D eigenvalue weighted by atomic mass is 35.5. The first-order chi connectivity index (χ1) is 9.19. The third-order valence-corrected chi connectivity index (χ3v) is 3.37. The molecule has 1 atom stereocenters. The van der Waals surface area contributed by atoms with E-state index >= 15 is 0 Å². The third-order valence-electron chi connectivity index (χ3n) is 3.12. The topological polar surface area (TPSA) is 47.9 Å². The molecule has 1 fully saturated rings. The van der Waals surface area contributed by atoms with Crippen molar-refractivity contribution in [1.82, 2.24) is 10.2 Å². The predicted octanol–water partition coefficient (Wildman–Crippen LogP) is 1.87. The number of benzene rings is 1. The van der Waals surface area contributed by atoms with Crippen molar-refractivity contribution in [1.29, 1.82) is 0 Å². The van der Waals surface area contributed by atoms with Crippen LogP contribution in [-0.2, 0) is 6.54 Å². The minimum atomic E-state index is -0.237. The number of hydrogen-bond donors (Lipinski definition) is 2. The summed E-state index contributed by atoms with van der Waals surface area (Å²) in [7, 11) is 0. The van der Waals surface area contributed by atoms with E-state index in [0.717, 1.165) is 36.1 Å². The molecule has 0 saturated carbocycles. The maximum absolute atomic E-state index is 9.59. The smallest absolute Gasteiger partial charge is 0.194 e. The van der Waals surface area contributed by atoms with E-state index in [1.807, 2.05) is 31.2 Å². The van der Waals surface area contributed by atoms with Gasteiger partial charge in [-0.2, -0.15) is 0 Å². The van der Waals surface area contributed by atoms with Crippen LogP contribution in [0.5, 0.6) is 0 Å². The SMILES string of the molecule is CCNC(=NCc1ccc(Cl)cc1)N1CC[C@@H](O)C1. The molecule has 2 rings (SSSR count). The molecule has 104 valence electrons. The van der Waals surface area contributed by atoms with Gasteiger partial charge in [-0.25, -0.2) is 4.99 Å². The standard InChI is InChI=1S/C14H20ClN3O/c1-2-16-14(18-8-7-13(19)10-18)17-9-11-3-5-12(15)6-4-11/h3-6,13,19H,2,7-10H2,1H3,(H,16,17)/t13-/m1/s1. The highest BCUT2D eigenvalue weighted by molar-refractivity contribution is 6.30. The first-order valence-electron chi connectivity index (χ1n) is 6.65. The molecule has 2 N–H and O–H groups in total.